The van der Waals surface area contributed by atoms with Gasteiger partial charge in [0.15, 0.2) is 9.75 Å². The number of phenols is 1. The van der Waals surface area contributed by atoms with Crippen molar-refractivity contribution in [3.05, 3.63) is 39.9 Å². The normalized spacial score (nSPS) is 36.8. The average Bonchev–Trinajstić information content (AvgIpc) is 3.11. The van der Waals surface area contributed by atoms with Gasteiger partial charge in [0.2, 0.25) is 11.8 Å². The molecule has 2 aliphatic carbocycles. The molecule has 1 aromatic carbocycles. The smallest absolute Gasteiger partial charge is 0.253 e. The van der Waals surface area contributed by atoms with Crippen LogP contribution in [0.25, 0.3) is 0 Å². The lowest BCUT2D eigenvalue weighted by atomic mass is 9.56. The fourth-order valence-corrected chi connectivity index (χ4v) is 7.90. The largest absolute Gasteiger partial charge is 0.508 e. The number of alkyl halides is 2. The minimum atomic E-state index is -1.91. The van der Waals surface area contributed by atoms with Crippen LogP contribution in [0.1, 0.15) is 45.1 Å². The van der Waals surface area contributed by atoms with E-state index in [1.54, 1.807) is 32.9 Å². The van der Waals surface area contributed by atoms with Gasteiger partial charge in [0, 0.05) is 28.5 Å². The number of allylic oxidation sites excluding steroid dienone is 2. The van der Waals surface area contributed by atoms with Crippen molar-refractivity contribution in [1.82, 2.24) is 9.80 Å². The Balaban J connectivity index is 1.75. The van der Waals surface area contributed by atoms with Gasteiger partial charge in [-0.25, -0.2) is 0 Å². The minimum absolute atomic E-state index is 0.0672. The summed E-state index contributed by atoms with van der Waals surface area (Å²) in [6, 6.07) is 4.77. The number of hydrogen-bond acceptors (Lipinski definition) is 5. The summed E-state index contributed by atoms with van der Waals surface area (Å²) < 4.78 is 0.637. The van der Waals surface area contributed by atoms with Crippen molar-refractivity contribution >= 4 is 62.8 Å². The number of phenolic OH excluding ortho intramolecular Hbond substituents is 1. The van der Waals surface area contributed by atoms with Gasteiger partial charge in [-0.15, -0.1) is 23.2 Å². The van der Waals surface area contributed by atoms with Gasteiger partial charge < -0.3 is 5.11 Å². The Bertz CT molecular complexity index is 1240. The van der Waals surface area contributed by atoms with E-state index >= 15 is 0 Å². The van der Waals surface area contributed by atoms with Gasteiger partial charge in [-0.2, -0.15) is 0 Å². The van der Waals surface area contributed by atoms with Crippen LogP contribution in [0, 0.1) is 17.8 Å². The summed E-state index contributed by atoms with van der Waals surface area (Å²) in [5.41, 5.74) is 0.269. The zero-order valence-electron chi connectivity index (χ0n) is 19.6. The molecule has 6 atom stereocenters. The topological polar surface area (TPSA) is 95.0 Å². The average molecular weight is 584 g/mol. The fraction of sp³-hybridized carbons (Fsp3) is 0.520. The van der Waals surface area contributed by atoms with E-state index in [2.05, 4.69) is 15.9 Å². The first kappa shape index (κ1) is 24.8. The van der Waals surface area contributed by atoms with E-state index in [9.17, 15) is 24.3 Å². The quantitative estimate of drug-likeness (QED) is 0.307. The Kier molecular flexibility index (Phi) is 5.35. The molecule has 6 unspecified atom stereocenters. The number of benzene rings is 1. The molecule has 0 radical (unpaired) electrons. The number of fused-ring (bicyclic) bond motifs is 4. The van der Waals surface area contributed by atoms with Crippen LogP contribution in [0.15, 0.2) is 34.3 Å². The standard InChI is InChI=1S/C25H25BrCl2N2O5/c1-23(2,3)30-19(32)13-7-6-12-15(17(13)20(30)33)10-24(27)21(34)29(4)22(35)25(24,28)18(12)14-9-11(26)5-8-16(14)31/h5-6,8-9,13,15,17-18,31H,7,10H2,1-4H3. The van der Waals surface area contributed by atoms with E-state index < -0.39 is 50.8 Å². The van der Waals surface area contributed by atoms with E-state index in [0.29, 0.717) is 22.0 Å². The molecule has 4 amide bonds. The lowest BCUT2D eigenvalue weighted by Crippen LogP contribution is -2.60. The Morgan fingerprint density at radius 3 is 2.34 bits per heavy atom. The van der Waals surface area contributed by atoms with Crippen LogP contribution in [0.3, 0.4) is 0 Å². The Hall–Kier alpha value is -1.90. The molecule has 0 spiro atoms. The predicted octanol–water partition coefficient (Wildman–Crippen LogP) is 3.94. The number of carbonyl (C=O) groups is 4. The maximum atomic E-state index is 13.7. The van der Waals surface area contributed by atoms with Crippen LogP contribution < -0.4 is 0 Å². The van der Waals surface area contributed by atoms with Crippen molar-refractivity contribution in [2.45, 2.75) is 54.8 Å². The van der Waals surface area contributed by atoms with Crippen molar-refractivity contribution in [2.24, 2.45) is 17.8 Å². The monoisotopic (exact) mass is 582 g/mol. The molecule has 4 aliphatic rings. The summed E-state index contributed by atoms with van der Waals surface area (Å²) in [7, 11) is 1.33. The summed E-state index contributed by atoms with van der Waals surface area (Å²) in [6.45, 7) is 5.41. The Labute approximate surface area is 221 Å². The number of hydrogen-bond donors (Lipinski definition) is 1. The van der Waals surface area contributed by atoms with E-state index in [1.807, 2.05) is 6.08 Å². The van der Waals surface area contributed by atoms with Crippen LogP contribution in [0.4, 0.5) is 0 Å². The predicted molar refractivity (Wildman–Crippen MR) is 133 cm³/mol. The van der Waals surface area contributed by atoms with Gasteiger partial charge in [-0.1, -0.05) is 27.6 Å². The molecule has 1 saturated carbocycles. The van der Waals surface area contributed by atoms with Crippen LogP contribution in [-0.4, -0.2) is 60.9 Å². The van der Waals surface area contributed by atoms with Crippen molar-refractivity contribution in [2.75, 3.05) is 7.05 Å². The number of halogens is 3. The lowest BCUT2D eigenvalue weighted by molar-refractivity contribution is -0.146. The molecular weight excluding hydrogens is 559 g/mol. The summed E-state index contributed by atoms with van der Waals surface area (Å²) in [5, 5.41) is 10.9. The Morgan fingerprint density at radius 2 is 1.71 bits per heavy atom. The van der Waals surface area contributed by atoms with E-state index in [-0.39, 0.29) is 24.0 Å². The highest BCUT2D eigenvalue weighted by molar-refractivity contribution is 9.10. The van der Waals surface area contributed by atoms with E-state index in [1.165, 1.54) is 18.0 Å². The highest BCUT2D eigenvalue weighted by Crippen LogP contribution is 2.66. The first-order valence-electron chi connectivity index (χ1n) is 11.4. The summed E-state index contributed by atoms with van der Waals surface area (Å²) in [6.07, 6.45) is 2.08. The number of nitrogens with zero attached hydrogens (tertiary/aromatic N) is 2. The minimum Gasteiger partial charge on any atom is -0.508 e. The summed E-state index contributed by atoms with van der Waals surface area (Å²) >= 11 is 17.6. The maximum Gasteiger partial charge on any atom is 0.253 e. The molecule has 2 aliphatic heterocycles. The first-order chi connectivity index (χ1) is 16.2. The molecule has 0 aromatic heterocycles. The summed E-state index contributed by atoms with van der Waals surface area (Å²) in [5.74, 6) is -4.88. The number of amides is 4. The number of imide groups is 2. The van der Waals surface area contributed by atoms with Crippen molar-refractivity contribution in [1.29, 1.82) is 0 Å². The van der Waals surface area contributed by atoms with Crippen molar-refractivity contribution < 1.29 is 24.3 Å². The van der Waals surface area contributed by atoms with Crippen LogP contribution >= 0.6 is 39.1 Å². The zero-order chi connectivity index (χ0) is 25.8. The molecule has 186 valence electrons. The molecule has 5 rings (SSSR count). The zero-order valence-corrected chi connectivity index (χ0v) is 22.7. The molecule has 35 heavy (non-hydrogen) atoms. The maximum absolute atomic E-state index is 13.7. The van der Waals surface area contributed by atoms with Gasteiger partial charge in [0.1, 0.15) is 5.75 Å². The molecular formula is C25H25BrCl2N2O5. The van der Waals surface area contributed by atoms with Gasteiger partial charge in [-0.05, 0) is 57.7 Å². The van der Waals surface area contributed by atoms with Gasteiger partial charge in [0.25, 0.3) is 11.8 Å². The number of aromatic hydroxyl groups is 1. The van der Waals surface area contributed by atoms with Gasteiger partial charge in [0.05, 0.1) is 11.8 Å². The second-order valence-corrected chi connectivity index (χ2v) is 13.0. The molecule has 1 aromatic rings. The van der Waals surface area contributed by atoms with Crippen LogP contribution in [0.5, 0.6) is 5.75 Å². The second-order valence-electron chi connectivity index (χ2n) is 10.9. The third-order valence-corrected chi connectivity index (χ3v) is 9.89. The third-order valence-electron chi connectivity index (χ3n) is 7.99. The molecule has 0 bridgehead atoms. The van der Waals surface area contributed by atoms with Gasteiger partial charge in [-0.3, -0.25) is 29.0 Å². The van der Waals surface area contributed by atoms with Crippen LogP contribution in [-0.2, 0) is 19.2 Å². The summed E-state index contributed by atoms with van der Waals surface area (Å²) in [4.78, 5) is 52.3. The lowest BCUT2D eigenvalue weighted by Gasteiger charge is -2.50. The first-order valence-corrected chi connectivity index (χ1v) is 13.0. The highest BCUT2D eigenvalue weighted by Gasteiger charge is 2.76. The molecule has 2 saturated heterocycles. The van der Waals surface area contributed by atoms with Gasteiger partial charge >= 0.3 is 0 Å². The van der Waals surface area contributed by atoms with E-state index in [0.717, 1.165) is 4.90 Å². The van der Waals surface area contributed by atoms with Crippen molar-refractivity contribution in [3.63, 3.8) is 0 Å². The number of rotatable bonds is 1. The SMILES string of the molecule is CN1C(=O)C2(Cl)CC3C(=CCC4C(=O)N(C(C)(C)C)C(=O)C43)C(c3cc(Br)ccc3O)C2(Cl)C1=O. The molecule has 3 fully saturated rings. The second kappa shape index (κ2) is 7.56. The molecule has 2 heterocycles. The highest BCUT2D eigenvalue weighted by atomic mass is 79.9. The molecule has 1 N–H and O–H groups in total. The molecule has 10 heteroatoms. The number of likely N-dealkylation sites (tertiary alicyclic amines) is 2. The Morgan fingerprint density at radius 1 is 1.06 bits per heavy atom. The molecule has 7 nitrogen and oxygen atoms in total. The van der Waals surface area contributed by atoms with Crippen molar-refractivity contribution in [3.8, 4) is 5.75 Å². The number of carbonyl (C=O) groups excluding carboxylic acids is 4. The third kappa shape index (κ3) is 3.02. The van der Waals surface area contributed by atoms with Crippen LogP contribution in [0.2, 0.25) is 0 Å². The fourth-order valence-electron chi connectivity index (χ4n) is 6.51. The van der Waals surface area contributed by atoms with E-state index in [4.69, 9.17) is 23.2 Å².